The van der Waals surface area contributed by atoms with Gasteiger partial charge in [0.25, 0.3) is 5.91 Å². The van der Waals surface area contributed by atoms with Crippen molar-refractivity contribution in [1.82, 2.24) is 14.9 Å². The molecule has 1 aliphatic rings. The summed E-state index contributed by atoms with van der Waals surface area (Å²) < 4.78 is 3.27. The van der Waals surface area contributed by atoms with Gasteiger partial charge in [-0.25, -0.2) is 4.98 Å². The summed E-state index contributed by atoms with van der Waals surface area (Å²) in [4.78, 5) is 16.8. The second-order valence-corrected chi connectivity index (χ2v) is 6.64. The zero-order chi connectivity index (χ0) is 14.9. The van der Waals surface area contributed by atoms with E-state index in [1.54, 1.807) is 17.5 Å². The molecule has 1 N–H and O–H groups in total. The van der Waals surface area contributed by atoms with Gasteiger partial charge in [-0.3, -0.25) is 4.79 Å². The quantitative estimate of drug-likeness (QED) is 0.803. The molecule has 0 aliphatic heterocycles. The molecule has 2 heterocycles. The maximum atomic E-state index is 12.7. The molecule has 0 bridgehead atoms. The number of rotatable bonds is 3. The van der Waals surface area contributed by atoms with E-state index < -0.39 is 0 Å². The maximum absolute atomic E-state index is 12.7. The molecule has 0 spiro atoms. The number of hydrogen-bond donors (Lipinski definition) is 1. The minimum Gasteiger partial charge on any atom is -0.347 e. The van der Waals surface area contributed by atoms with Crippen LogP contribution in [0.5, 0.6) is 0 Å². The molecule has 1 fully saturated rings. The number of hydrogen-bond acceptors (Lipinski definition) is 3. The molecular formula is C17H17N3OS. The Balaban J connectivity index is 1.56. The van der Waals surface area contributed by atoms with Crippen LogP contribution in [0.25, 0.3) is 10.1 Å². The third-order valence-corrected chi connectivity index (χ3v) is 5.39. The Morgan fingerprint density at radius 1 is 1.32 bits per heavy atom. The zero-order valence-corrected chi connectivity index (χ0v) is 12.9. The van der Waals surface area contributed by atoms with Gasteiger partial charge in [0.1, 0.15) is 0 Å². The Kier molecular flexibility index (Phi) is 3.42. The Labute approximate surface area is 132 Å². The fourth-order valence-corrected chi connectivity index (χ4v) is 4.27. The predicted octanol–water partition coefficient (Wildman–Crippen LogP) is 3.62. The zero-order valence-electron chi connectivity index (χ0n) is 12.1. The molecule has 1 saturated carbocycles. The summed E-state index contributed by atoms with van der Waals surface area (Å²) in [5, 5.41) is 6.23. The topological polar surface area (TPSA) is 46.9 Å². The minimum absolute atomic E-state index is 0.0365. The van der Waals surface area contributed by atoms with Crippen LogP contribution < -0.4 is 5.32 Å². The number of imidazole rings is 1. The van der Waals surface area contributed by atoms with Gasteiger partial charge in [0.05, 0.1) is 17.9 Å². The molecule has 4 nitrogen and oxygen atoms in total. The average molecular weight is 311 g/mol. The minimum atomic E-state index is 0.0365. The van der Waals surface area contributed by atoms with E-state index in [1.807, 2.05) is 36.1 Å². The van der Waals surface area contributed by atoms with Gasteiger partial charge in [0.15, 0.2) is 0 Å². The highest BCUT2D eigenvalue weighted by atomic mass is 32.1. The fraction of sp³-hybridized carbons (Fsp3) is 0.294. The van der Waals surface area contributed by atoms with Crippen molar-refractivity contribution in [1.29, 1.82) is 0 Å². The van der Waals surface area contributed by atoms with Crippen LogP contribution in [0.4, 0.5) is 0 Å². The van der Waals surface area contributed by atoms with E-state index in [0.29, 0.717) is 6.04 Å². The van der Waals surface area contributed by atoms with E-state index in [0.717, 1.165) is 34.9 Å². The average Bonchev–Trinajstić information content (AvgIpc) is 3.27. The van der Waals surface area contributed by atoms with Crippen molar-refractivity contribution in [2.75, 3.05) is 0 Å². The van der Waals surface area contributed by atoms with E-state index in [4.69, 9.17) is 0 Å². The molecule has 4 rings (SSSR count). The molecule has 3 aromatic rings. The number of carbonyl (C=O) groups is 1. The number of nitrogens with one attached hydrogen (secondary N) is 1. The van der Waals surface area contributed by atoms with Crippen LogP contribution in [0.1, 0.15) is 35.7 Å². The number of thiophene rings is 1. The Morgan fingerprint density at radius 2 is 2.23 bits per heavy atom. The van der Waals surface area contributed by atoms with Crippen molar-refractivity contribution >= 4 is 27.3 Å². The second-order valence-electron chi connectivity index (χ2n) is 5.73. The van der Waals surface area contributed by atoms with E-state index in [-0.39, 0.29) is 11.9 Å². The van der Waals surface area contributed by atoms with Crippen LogP contribution in [0.3, 0.4) is 0 Å². The van der Waals surface area contributed by atoms with Gasteiger partial charge < -0.3 is 9.88 Å². The summed E-state index contributed by atoms with van der Waals surface area (Å²) in [5.41, 5.74) is 0.789. The van der Waals surface area contributed by atoms with Gasteiger partial charge in [-0.1, -0.05) is 18.2 Å². The second kappa shape index (κ2) is 5.57. The standard InChI is InChI=1S/C17H17N3OS/c21-17(13-10-22-16-7-2-1-4-12(13)16)19-14-5-3-6-15(14)20-9-8-18-11-20/h1-2,4,7-11,14-15H,3,5-6H2,(H,19,21)/t14-,15-/m1/s1. The first kappa shape index (κ1) is 13.5. The van der Waals surface area contributed by atoms with Crippen molar-refractivity contribution in [2.45, 2.75) is 31.3 Å². The summed E-state index contributed by atoms with van der Waals surface area (Å²) in [6.07, 6.45) is 8.87. The smallest absolute Gasteiger partial charge is 0.253 e. The van der Waals surface area contributed by atoms with E-state index in [2.05, 4.69) is 20.9 Å². The normalized spacial score (nSPS) is 21.3. The Morgan fingerprint density at radius 3 is 3.09 bits per heavy atom. The van der Waals surface area contributed by atoms with Gasteiger partial charge in [-0.2, -0.15) is 0 Å². The molecule has 112 valence electrons. The number of benzene rings is 1. The fourth-order valence-electron chi connectivity index (χ4n) is 3.33. The summed E-state index contributed by atoms with van der Waals surface area (Å²) >= 11 is 1.62. The third-order valence-electron chi connectivity index (χ3n) is 4.43. The van der Waals surface area contributed by atoms with Gasteiger partial charge in [0, 0.05) is 33.9 Å². The van der Waals surface area contributed by atoms with Crippen LogP contribution in [0, 0.1) is 0 Å². The van der Waals surface area contributed by atoms with Gasteiger partial charge in [0.2, 0.25) is 0 Å². The van der Waals surface area contributed by atoms with Crippen LogP contribution in [0.15, 0.2) is 48.4 Å². The SMILES string of the molecule is O=C(N[C@@H]1CCC[C@H]1n1ccnc1)c1csc2ccccc12. The monoisotopic (exact) mass is 311 g/mol. The highest BCUT2D eigenvalue weighted by molar-refractivity contribution is 7.17. The summed E-state index contributed by atoms with van der Waals surface area (Å²) in [6.45, 7) is 0. The van der Waals surface area contributed by atoms with Crippen LogP contribution in [0.2, 0.25) is 0 Å². The molecule has 5 heteroatoms. The number of fused-ring (bicyclic) bond motifs is 1. The first-order valence-electron chi connectivity index (χ1n) is 7.57. The van der Waals surface area contributed by atoms with Crippen molar-refractivity contribution in [3.05, 3.63) is 53.9 Å². The summed E-state index contributed by atoms with van der Waals surface area (Å²) in [6, 6.07) is 8.56. The molecule has 2 aromatic heterocycles. The largest absolute Gasteiger partial charge is 0.347 e. The molecule has 0 saturated heterocycles. The molecule has 1 aromatic carbocycles. The maximum Gasteiger partial charge on any atom is 0.253 e. The van der Waals surface area contributed by atoms with Gasteiger partial charge >= 0.3 is 0 Å². The molecule has 1 amide bonds. The van der Waals surface area contributed by atoms with Crippen molar-refractivity contribution in [3.8, 4) is 0 Å². The van der Waals surface area contributed by atoms with E-state index in [9.17, 15) is 4.79 Å². The van der Waals surface area contributed by atoms with Gasteiger partial charge in [-0.05, 0) is 25.3 Å². The van der Waals surface area contributed by atoms with Crippen molar-refractivity contribution < 1.29 is 4.79 Å². The lowest BCUT2D eigenvalue weighted by Crippen LogP contribution is -2.38. The number of carbonyl (C=O) groups excluding carboxylic acids is 1. The molecule has 22 heavy (non-hydrogen) atoms. The van der Waals surface area contributed by atoms with E-state index >= 15 is 0 Å². The lowest BCUT2D eigenvalue weighted by molar-refractivity contribution is 0.0931. The number of aromatic nitrogens is 2. The lowest BCUT2D eigenvalue weighted by Gasteiger charge is -2.22. The number of amides is 1. The molecule has 2 atom stereocenters. The van der Waals surface area contributed by atoms with Crippen LogP contribution in [-0.4, -0.2) is 21.5 Å². The van der Waals surface area contributed by atoms with Crippen molar-refractivity contribution in [2.24, 2.45) is 0 Å². The Hall–Kier alpha value is -2.14. The number of nitrogens with zero attached hydrogens (tertiary/aromatic N) is 2. The van der Waals surface area contributed by atoms with Crippen LogP contribution >= 0.6 is 11.3 Å². The molecule has 0 radical (unpaired) electrons. The van der Waals surface area contributed by atoms with Gasteiger partial charge in [-0.15, -0.1) is 11.3 Å². The predicted molar refractivity (Wildman–Crippen MR) is 88.2 cm³/mol. The summed E-state index contributed by atoms with van der Waals surface area (Å²) in [7, 11) is 0. The van der Waals surface area contributed by atoms with Crippen LogP contribution in [-0.2, 0) is 0 Å². The lowest BCUT2D eigenvalue weighted by atomic mass is 10.1. The first-order valence-corrected chi connectivity index (χ1v) is 8.45. The highest BCUT2D eigenvalue weighted by Crippen LogP contribution is 2.31. The first-order chi connectivity index (χ1) is 10.8. The Bertz CT molecular complexity index is 793. The molecule has 1 aliphatic carbocycles. The molecule has 0 unspecified atom stereocenters. The van der Waals surface area contributed by atoms with Crippen molar-refractivity contribution in [3.63, 3.8) is 0 Å². The summed E-state index contributed by atoms with van der Waals surface area (Å²) in [5.74, 6) is 0.0365. The van der Waals surface area contributed by atoms with E-state index in [1.165, 1.54) is 0 Å². The molecular weight excluding hydrogens is 294 g/mol. The highest BCUT2D eigenvalue weighted by Gasteiger charge is 2.30. The third kappa shape index (κ3) is 2.31.